The molecule has 1 aliphatic rings. The minimum atomic E-state index is -0.490. The summed E-state index contributed by atoms with van der Waals surface area (Å²) in [5, 5.41) is 18.4. The van der Waals surface area contributed by atoms with E-state index in [0.717, 1.165) is 20.0 Å². The van der Waals surface area contributed by atoms with Gasteiger partial charge in [0.25, 0.3) is 5.91 Å². The third-order valence-corrected chi connectivity index (χ3v) is 2.68. The van der Waals surface area contributed by atoms with Gasteiger partial charge in [0.05, 0.1) is 12.2 Å². The molecule has 3 N–H and O–H groups in total. The van der Waals surface area contributed by atoms with E-state index in [1.54, 1.807) is 25.1 Å². The van der Waals surface area contributed by atoms with Crippen LogP contribution >= 0.6 is 0 Å². The number of hydrogen-bond donors (Lipinski definition) is 3. The molecule has 1 aliphatic heterocycles. The van der Waals surface area contributed by atoms with Crippen LogP contribution in [0.25, 0.3) is 0 Å². The van der Waals surface area contributed by atoms with Gasteiger partial charge in [-0.2, -0.15) is 0 Å². The van der Waals surface area contributed by atoms with Crippen molar-refractivity contribution in [3.05, 3.63) is 12.3 Å². The van der Waals surface area contributed by atoms with Gasteiger partial charge in [-0.15, -0.1) is 0 Å². The van der Waals surface area contributed by atoms with Crippen LogP contribution in [0, 0.1) is 0 Å². The first-order valence-electron chi connectivity index (χ1n) is 5.97. The Hall–Kier alpha value is -1.44. The number of imide groups is 1. The first-order valence-corrected chi connectivity index (χ1v) is 5.97. The maximum Gasteiger partial charge on any atom is 0.251 e. The first kappa shape index (κ1) is 17.6. The highest BCUT2D eigenvalue weighted by Crippen LogP contribution is 2.24. The Bertz CT molecular complexity index is 306. The summed E-state index contributed by atoms with van der Waals surface area (Å²) in [6, 6.07) is 0. The molecule has 0 aromatic heterocycles. The second-order valence-electron chi connectivity index (χ2n) is 4.05. The highest BCUT2D eigenvalue weighted by atomic mass is 16.5. The predicted octanol–water partition coefficient (Wildman–Crippen LogP) is -0.801. The number of amides is 2. The zero-order valence-corrected chi connectivity index (χ0v) is 11.4. The average molecular weight is 274 g/mol. The van der Waals surface area contributed by atoms with E-state index in [4.69, 9.17) is 9.84 Å². The fourth-order valence-electron chi connectivity index (χ4n) is 1.69. The maximum atomic E-state index is 11.0. The van der Waals surface area contributed by atoms with E-state index in [1.165, 1.54) is 6.08 Å². The number of nitrogens with zero attached hydrogens (tertiary/aromatic N) is 1. The molecule has 0 saturated carbocycles. The zero-order valence-electron chi connectivity index (χ0n) is 11.4. The molecule has 3 unspecified atom stereocenters. The summed E-state index contributed by atoms with van der Waals surface area (Å²) in [6.07, 6.45) is 3.95. The van der Waals surface area contributed by atoms with Crippen LogP contribution < -0.4 is 5.32 Å². The van der Waals surface area contributed by atoms with Crippen LogP contribution in [0.5, 0.6) is 0 Å². The quantitative estimate of drug-likeness (QED) is 0.448. The Kier molecular flexibility index (Phi) is 8.77. The van der Waals surface area contributed by atoms with Gasteiger partial charge in [0.15, 0.2) is 0 Å². The van der Waals surface area contributed by atoms with Crippen molar-refractivity contribution in [2.45, 2.75) is 38.2 Å². The molecule has 0 spiro atoms. The van der Waals surface area contributed by atoms with E-state index < -0.39 is 12.0 Å². The van der Waals surface area contributed by atoms with E-state index in [0.29, 0.717) is 6.41 Å². The lowest BCUT2D eigenvalue weighted by atomic mass is 10.1. The molecule has 0 radical (unpaired) electrons. The second-order valence-corrected chi connectivity index (χ2v) is 4.05. The predicted molar refractivity (Wildman–Crippen MR) is 68.8 cm³/mol. The largest absolute Gasteiger partial charge is 0.400 e. The molecule has 110 valence electrons. The fraction of sp³-hybridized carbons (Fsp3) is 0.667. The fourth-order valence-corrected chi connectivity index (χ4v) is 1.69. The van der Waals surface area contributed by atoms with E-state index in [1.807, 2.05) is 5.32 Å². The van der Waals surface area contributed by atoms with E-state index in [2.05, 4.69) is 0 Å². The topological polar surface area (TPSA) is 99.1 Å². The average Bonchev–Trinajstić information content (AvgIpc) is 2.88. The van der Waals surface area contributed by atoms with Gasteiger partial charge >= 0.3 is 0 Å². The van der Waals surface area contributed by atoms with E-state index >= 15 is 0 Å². The summed E-state index contributed by atoms with van der Waals surface area (Å²) in [5.74, 6) is -0.475. The van der Waals surface area contributed by atoms with Gasteiger partial charge in [0.1, 0.15) is 6.23 Å². The van der Waals surface area contributed by atoms with Crippen molar-refractivity contribution in [1.29, 1.82) is 0 Å². The lowest BCUT2D eigenvalue weighted by Gasteiger charge is -2.23. The lowest BCUT2D eigenvalue weighted by molar-refractivity contribution is -0.121. The number of carbonyl (C=O) groups excluding carboxylic acids is 2. The van der Waals surface area contributed by atoms with Crippen molar-refractivity contribution in [3.8, 4) is 0 Å². The van der Waals surface area contributed by atoms with Crippen LogP contribution in [-0.2, 0) is 14.3 Å². The van der Waals surface area contributed by atoms with Crippen LogP contribution in [0.2, 0.25) is 0 Å². The Morgan fingerprint density at radius 2 is 2.11 bits per heavy atom. The van der Waals surface area contributed by atoms with Gasteiger partial charge in [-0.3, -0.25) is 14.9 Å². The summed E-state index contributed by atoms with van der Waals surface area (Å²) >= 11 is 0. The first-order chi connectivity index (χ1) is 9.04. The van der Waals surface area contributed by atoms with Gasteiger partial charge in [0.2, 0.25) is 6.41 Å². The molecule has 3 atom stereocenters. The molecule has 1 fully saturated rings. The monoisotopic (exact) mass is 274 g/mol. The minimum Gasteiger partial charge on any atom is -0.400 e. The molecule has 1 saturated heterocycles. The SMILES string of the molecule is CC(O)C1CCC(N(C)/C=C\C(=O)NC=O)O1.CO. The molecular weight excluding hydrogens is 252 g/mol. The molecule has 0 aromatic carbocycles. The molecular formula is C12H22N2O5. The number of carbonyl (C=O) groups is 2. The summed E-state index contributed by atoms with van der Waals surface area (Å²) in [5.41, 5.74) is 0. The van der Waals surface area contributed by atoms with Crippen molar-refractivity contribution < 1.29 is 24.5 Å². The number of rotatable bonds is 5. The van der Waals surface area contributed by atoms with Crippen LogP contribution in [0.3, 0.4) is 0 Å². The summed E-state index contributed by atoms with van der Waals surface area (Å²) in [4.78, 5) is 22.7. The van der Waals surface area contributed by atoms with Crippen LogP contribution in [0.15, 0.2) is 12.3 Å². The van der Waals surface area contributed by atoms with E-state index in [9.17, 15) is 14.7 Å². The molecule has 0 bridgehead atoms. The molecule has 0 aromatic rings. The van der Waals surface area contributed by atoms with Crippen molar-refractivity contribution >= 4 is 12.3 Å². The molecule has 7 heteroatoms. The van der Waals surface area contributed by atoms with Crippen molar-refractivity contribution in [2.24, 2.45) is 0 Å². The van der Waals surface area contributed by atoms with Crippen LogP contribution in [0.1, 0.15) is 19.8 Å². The number of nitrogens with one attached hydrogen (secondary N) is 1. The van der Waals surface area contributed by atoms with Crippen molar-refractivity contribution in [3.63, 3.8) is 0 Å². The molecule has 1 heterocycles. The number of aliphatic hydroxyl groups is 2. The minimum absolute atomic E-state index is 0.144. The lowest BCUT2D eigenvalue weighted by Crippen LogP contribution is -2.30. The van der Waals surface area contributed by atoms with Gasteiger partial charge in [-0.25, -0.2) is 0 Å². The highest BCUT2D eigenvalue weighted by molar-refractivity contribution is 5.94. The van der Waals surface area contributed by atoms with Crippen LogP contribution in [-0.4, -0.2) is 60.0 Å². The molecule has 19 heavy (non-hydrogen) atoms. The molecule has 7 nitrogen and oxygen atoms in total. The Morgan fingerprint density at radius 3 is 2.58 bits per heavy atom. The summed E-state index contributed by atoms with van der Waals surface area (Å²) in [6.45, 7) is 1.69. The Labute approximate surface area is 112 Å². The molecule has 0 aliphatic carbocycles. The third kappa shape index (κ3) is 6.32. The van der Waals surface area contributed by atoms with Gasteiger partial charge in [-0.1, -0.05) is 0 Å². The Balaban J connectivity index is 0.00000154. The van der Waals surface area contributed by atoms with Crippen molar-refractivity contribution in [2.75, 3.05) is 14.2 Å². The molecule has 2 amide bonds. The summed E-state index contributed by atoms with van der Waals surface area (Å²) < 4.78 is 5.60. The van der Waals surface area contributed by atoms with Gasteiger partial charge in [0, 0.05) is 26.4 Å². The smallest absolute Gasteiger partial charge is 0.251 e. The highest BCUT2D eigenvalue weighted by Gasteiger charge is 2.29. The Morgan fingerprint density at radius 1 is 1.47 bits per heavy atom. The number of ether oxygens (including phenoxy) is 1. The van der Waals surface area contributed by atoms with Gasteiger partial charge in [-0.05, 0) is 19.8 Å². The molecule has 1 rings (SSSR count). The number of hydrogen-bond acceptors (Lipinski definition) is 6. The standard InChI is InChI=1S/C11H18N2O4.CH4O/c1-8(15)9-3-4-11(17-9)13(2)6-5-10(16)12-7-14;1-2/h5-9,11,15H,3-4H2,1-2H3,(H,12,14,16);2H,1H3/b6-5-;. The number of aliphatic hydroxyl groups excluding tert-OH is 2. The zero-order chi connectivity index (χ0) is 14.8. The second kappa shape index (κ2) is 9.48. The van der Waals surface area contributed by atoms with Crippen molar-refractivity contribution in [1.82, 2.24) is 10.2 Å². The normalized spacial score (nSPS) is 23.4. The van der Waals surface area contributed by atoms with E-state index in [-0.39, 0.29) is 12.3 Å². The summed E-state index contributed by atoms with van der Waals surface area (Å²) in [7, 11) is 2.78. The maximum absolute atomic E-state index is 11.0. The third-order valence-electron chi connectivity index (χ3n) is 2.68. The van der Waals surface area contributed by atoms with Gasteiger partial charge < -0.3 is 19.8 Å². The van der Waals surface area contributed by atoms with Crippen LogP contribution in [0.4, 0.5) is 0 Å².